The summed E-state index contributed by atoms with van der Waals surface area (Å²) in [6, 6.07) is 21.9. The average Bonchev–Trinajstić information content (AvgIpc) is 3.40. The van der Waals surface area contributed by atoms with Gasteiger partial charge in [0.2, 0.25) is 5.91 Å². The van der Waals surface area contributed by atoms with Crippen LogP contribution < -0.4 is 10.6 Å². The minimum atomic E-state index is -0.672. The molecule has 2 amide bonds. The second kappa shape index (κ2) is 13.9. The van der Waals surface area contributed by atoms with Crippen LogP contribution in [0.3, 0.4) is 0 Å². The summed E-state index contributed by atoms with van der Waals surface area (Å²) in [4.78, 5) is 52.2. The predicted molar refractivity (Wildman–Crippen MR) is 182 cm³/mol. The number of nitrogens with zero attached hydrogens (tertiary/aromatic N) is 1. The van der Waals surface area contributed by atoms with Crippen LogP contribution in [0.5, 0.6) is 0 Å². The maximum absolute atomic E-state index is 14.0. The number of hydrogen-bond acceptors (Lipinski definition) is 8. The topological polar surface area (TPSA) is 128 Å². The lowest BCUT2D eigenvalue weighted by Gasteiger charge is -2.33. The number of nitro benzene ring substituents is 1. The van der Waals surface area contributed by atoms with Gasteiger partial charge in [-0.3, -0.25) is 19.7 Å². The van der Waals surface area contributed by atoms with E-state index in [0.717, 1.165) is 40.2 Å². The number of amides is 2. The molecule has 0 saturated heterocycles. The highest BCUT2D eigenvalue weighted by Gasteiger charge is 2.35. The number of anilines is 2. The van der Waals surface area contributed by atoms with Crippen LogP contribution in [0.25, 0.3) is 0 Å². The molecule has 11 heteroatoms. The Morgan fingerprint density at radius 3 is 2.37 bits per heavy atom. The van der Waals surface area contributed by atoms with E-state index in [0.29, 0.717) is 22.2 Å². The number of rotatable bonds is 9. The first-order valence-electron chi connectivity index (χ1n) is 14.9. The fraction of sp³-hybridized carbons (Fsp3) is 0.286. The van der Waals surface area contributed by atoms with Crippen LogP contribution in [0.4, 0.5) is 16.4 Å². The van der Waals surface area contributed by atoms with Gasteiger partial charge >= 0.3 is 5.97 Å². The van der Waals surface area contributed by atoms with Gasteiger partial charge in [0.25, 0.3) is 11.6 Å². The molecule has 0 bridgehead atoms. The standard InChI is InChI=1S/C35H35N3O6S2/c1-35(2,3)23-15-18-27-28(19-23)46-33(29(27)34(41)44-4)37-32(40)30(21-9-6-5-7-10-21)45-26-12-8-11-24(20-26)36-31(39)22-13-16-25(17-14-22)38(42)43/h5-14,16-17,20,23,30H,15,18-19H2,1-4H3,(H,36,39)(H,37,40). The maximum atomic E-state index is 14.0. The molecule has 4 aromatic rings. The number of methoxy groups -OCH3 is 1. The van der Waals surface area contributed by atoms with Crippen molar-refractivity contribution in [2.45, 2.75) is 50.2 Å². The normalized spacial score (nSPS) is 14.9. The molecule has 0 saturated carbocycles. The van der Waals surface area contributed by atoms with Crippen LogP contribution in [0, 0.1) is 21.4 Å². The first kappa shape index (κ1) is 32.9. The molecule has 0 radical (unpaired) electrons. The van der Waals surface area contributed by atoms with E-state index < -0.39 is 22.0 Å². The molecule has 1 aromatic heterocycles. The highest BCUT2D eigenvalue weighted by Crippen LogP contribution is 2.45. The second-order valence-corrected chi connectivity index (χ2v) is 14.5. The molecule has 2 unspecified atom stereocenters. The van der Waals surface area contributed by atoms with Gasteiger partial charge in [-0.2, -0.15) is 0 Å². The van der Waals surface area contributed by atoms with Crippen LogP contribution >= 0.6 is 23.1 Å². The summed E-state index contributed by atoms with van der Waals surface area (Å²) < 4.78 is 5.16. The lowest BCUT2D eigenvalue weighted by atomic mass is 9.72. The number of benzene rings is 3. The summed E-state index contributed by atoms with van der Waals surface area (Å²) in [6.07, 6.45) is 2.56. The fourth-order valence-electron chi connectivity index (χ4n) is 5.53. The molecule has 2 atom stereocenters. The third-order valence-corrected chi connectivity index (χ3v) is 10.6. The van der Waals surface area contributed by atoms with Crippen LogP contribution in [-0.4, -0.2) is 29.8 Å². The van der Waals surface area contributed by atoms with Gasteiger partial charge in [0, 0.05) is 33.2 Å². The second-order valence-electron chi connectivity index (χ2n) is 12.2. The Morgan fingerprint density at radius 1 is 1.00 bits per heavy atom. The Hall–Kier alpha value is -4.48. The number of nitro groups is 1. The summed E-state index contributed by atoms with van der Waals surface area (Å²) >= 11 is 2.78. The van der Waals surface area contributed by atoms with E-state index in [1.54, 1.807) is 18.2 Å². The molecule has 1 heterocycles. The van der Waals surface area contributed by atoms with Gasteiger partial charge in [0.1, 0.15) is 10.3 Å². The molecular formula is C35H35N3O6S2. The smallest absolute Gasteiger partial charge is 0.341 e. The number of thiophene rings is 1. The van der Waals surface area contributed by atoms with Crippen molar-refractivity contribution >= 4 is 57.3 Å². The molecular weight excluding hydrogens is 623 g/mol. The predicted octanol–water partition coefficient (Wildman–Crippen LogP) is 8.32. The van der Waals surface area contributed by atoms with Crippen molar-refractivity contribution in [3.8, 4) is 0 Å². The van der Waals surface area contributed by atoms with E-state index in [4.69, 9.17) is 4.74 Å². The molecule has 0 fully saturated rings. The summed E-state index contributed by atoms with van der Waals surface area (Å²) in [5, 5.41) is 16.7. The van der Waals surface area contributed by atoms with E-state index in [9.17, 15) is 24.5 Å². The minimum Gasteiger partial charge on any atom is -0.465 e. The number of esters is 1. The zero-order chi connectivity index (χ0) is 33.0. The average molecular weight is 658 g/mol. The van der Waals surface area contributed by atoms with Crippen LogP contribution in [-0.2, 0) is 22.4 Å². The van der Waals surface area contributed by atoms with E-state index in [1.807, 2.05) is 36.4 Å². The molecule has 46 heavy (non-hydrogen) atoms. The summed E-state index contributed by atoms with van der Waals surface area (Å²) in [7, 11) is 1.36. The monoisotopic (exact) mass is 657 g/mol. The number of non-ortho nitro benzene ring substituents is 1. The molecule has 0 aliphatic heterocycles. The van der Waals surface area contributed by atoms with Gasteiger partial charge in [-0.05, 0) is 72.1 Å². The van der Waals surface area contributed by atoms with Gasteiger partial charge in [-0.1, -0.05) is 57.2 Å². The number of fused-ring (bicyclic) bond motifs is 1. The third-order valence-electron chi connectivity index (χ3n) is 8.14. The Bertz CT molecular complexity index is 1760. The van der Waals surface area contributed by atoms with E-state index in [1.165, 1.54) is 54.5 Å². The van der Waals surface area contributed by atoms with Crippen molar-refractivity contribution < 1.29 is 24.0 Å². The molecule has 1 aliphatic rings. The zero-order valence-corrected chi connectivity index (χ0v) is 27.6. The quantitative estimate of drug-likeness (QED) is 0.0802. The van der Waals surface area contributed by atoms with Crippen LogP contribution in [0.15, 0.2) is 83.8 Å². The van der Waals surface area contributed by atoms with Crippen molar-refractivity contribution in [3.05, 3.63) is 116 Å². The first-order valence-corrected chi connectivity index (χ1v) is 16.6. The molecule has 1 aliphatic carbocycles. The molecule has 3 aromatic carbocycles. The third kappa shape index (κ3) is 7.48. The number of ether oxygens (including phenoxy) is 1. The lowest BCUT2D eigenvalue weighted by molar-refractivity contribution is -0.384. The van der Waals surface area contributed by atoms with Crippen molar-refractivity contribution in [1.82, 2.24) is 0 Å². The molecule has 9 nitrogen and oxygen atoms in total. The number of hydrogen-bond donors (Lipinski definition) is 2. The molecule has 2 N–H and O–H groups in total. The van der Waals surface area contributed by atoms with Crippen LogP contribution in [0.1, 0.15) is 69.2 Å². The van der Waals surface area contributed by atoms with E-state index in [2.05, 4.69) is 31.4 Å². The molecule has 0 spiro atoms. The van der Waals surface area contributed by atoms with Crippen molar-refractivity contribution in [2.75, 3.05) is 17.7 Å². The Balaban J connectivity index is 1.39. The minimum absolute atomic E-state index is 0.101. The van der Waals surface area contributed by atoms with Crippen molar-refractivity contribution in [2.24, 2.45) is 11.3 Å². The summed E-state index contributed by atoms with van der Waals surface area (Å²) in [5.41, 5.74) is 2.99. The number of thioether (sulfide) groups is 1. The SMILES string of the molecule is COC(=O)c1c(NC(=O)C(Sc2cccc(NC(=O)c3ccc([N+](=O)[O-])cc3)c2)c2ccccc2)sc2c1CCC(C(C)(C)C)C2. The lowest BCUT2D eigenvalue weighted by Crippen LogP contribution is -2.26. The maximum Gasteiger partial charge on any atom is 0.341 e. The Kier molecular flexibility index (Phi) is 9.93. The Morgan fingerprint density at radius 2 is 1.72 bits per heavy atom. The van der Waals surface area contributed by atoms with Gasteiger partial charge in [-0.15, -0.1) is 23.1 Å². The zero-order valence-electron chi connectivity index (χ0n) is 26.0. The van der Waals surface area contributed by atoms with Gasteiger partial charge < -0.3 is 15.4 Å². The molecule has 238 valence electrons. The number of nitrogens with one attached hydrogen (secondary N) is 2. The fourth-order valence-corrected chi connectivity index (χ4v) is 7.93. The molecule has 5 rings (SSSR count). The number of carbonyl (C=O) groups excluding carboxylic acids is 3. The van der Waals surface area contributed by atoms with Crippen LogP contribution in [0.2, 0.25) is 0 Å². The van der Waals surface area contributed by atoms with Crippen molar-refractivity contribution in [3.63, 3.8) is 0 Å². The van der Waals surface area contributed by atoms with Crippen molar-refractivity contribution in [1.29, 1.82) is 0 Å². The highest BCUT2D eigenvalue weighted by molar-refractivity contribution is 8.00. The van der Waals surface area contributed by atoms with E-state index >= 15 is 0 Å². The highest BCUT2D eigenvalue weighted by atomic mass is 32.2. The largest absolute Gasteiger partial charge is 0.465 e. The van der Waals surface area contributed by atoms with Gasteiger partial charge in [0.15, 0.2) is 0 Å². The summed E-state index contributed by atoms with van der Waals surface area (Å²) in [5.74, 6) is -0.691. The summed E-state index contributed by atoms with van der Waals surface area (Å²) in [6.45, 7) is 6.70. The van der Waals surface area contributed by atoms with Gasteiger partial charge in [0.05, 0.1) is 17.6 Å². The first-order chi connectivity index (χ1) is 21.9. The number of carbonyl (C=O) groups is 3. The Labute approximate surface area is 275 Å². The van der Waals surface area contributed by atoms with Gasteiger partial charge in [-0.25, -0.2) is 4.79 Å². The van der Waals surface area contributed by atoms with E-state index in [-0.39, 0.29) is 22.6 Å².